The number of halogens is 6. The van der Waals surface area contributed by atoms with Gasteiger partial charge in [0, 0.05) is 0 Å². The molecule has 0 aliphatic heterocycles. The Morgan fingerprint density at radius 2 is 1.50 bits per heavy atom. The summed E-state index contributed by atoms with van der Waals surface area (Å²) in [6, 6.07) is 0. The van der Waals surface area contributed by atoms with Gasteiger partial charge < -0.3 is 9.08 Å². The first-order chi connectivity index (χ1) is 14.1. The first kappa shape index (κ1) is 25.7. The van der Waals surface area contributed by atoms with Crippen LogP contribution in [0, 0.1) is 23.2 Å². The van der Waals surface area contributed by atoms with Gasteiger partial charge in [0.05, 0.1) is 5.60 Å². The van der Waals surface area contributed by atoms with Crippen molar-refractivity contribution in [2.45, 2.75) is 68.7 Å². The number of hydrogen-bond donors (Lipinski definition) is 1. The topological polar surface area (TPSA) is 130 Å². The summed E-state index contributed by atoms with van der Waals surface area (Å²) in [6.45, 7) is 3.53. The van der Waals surface area contributed by atoms with Gasteiger partial charge >= 0.3 is 30.9 Å². The Kier molecular flexibility index (Phi) is 5.68. The molecular weight excluding hydrogens is 497 g/mol. The molecule has 4 aliphatic rings. The zero-order valence-corrected chi connectivity index (χ0v) is 18.4. The van der Waals surface area contributed by atoms with E-state index in [2.05, 4.69) is 4.52 Å². The molecule has 0 aromatic rings. The molecule has 32 heavy (non-hydrogen) atoms. The molecule has 8 nitrogen and oxygen atoms in total. The number of carbonyl (C=O) groups is 1. The molecule has 4 rings (SSSR count). The zero-order valence-electron chi connectivity index (χ0n) is 16.7. The molecule has 16 heteroatoms. The Morgan fingerprint density at radius 1 is 1.06 bits per heavy atom. The van der Waals surface area contributed by atoms with Crippen LogP contribution in [0.25, 0.3) is 0 Å². The Bertz CT molecular complexity index is 933. The van der Waals surface area contributed by atoms with Crippen LogP contribution in [0.3, 0.4) is 0 Å². The van der Waals surface area contributed by atoms with Gasteiger partial charge in [-0.05, 0) is 55.3 Å². The summed E-state index contributed by atoms with van der Waals surface area (Å²) in [6.07, 6.45) is -11.5. The Morgan fingerprint density at radius 3 is 1.88 bits per heavy atom. The number of phosphoric acid groups is 1. The Labute approximate surface area is 179 Å². The predicted octanol–water partition coefficient (Wildman–Crippen LogP) is 3.66. The van der Waals surface area contributed by atoms with E-state index in [0.29, 0.717) is 0 Å². The largest absolute Gasteiger partial charge is 0.747 e. The van der Waals surface area contributed by atoms with Gasteiger partial charge in [0.2, 0.25) is 0 Å². The second-order valence-electron chi connectivity index (χ2n) is 9.29. The van der Waals surface area contributed by atoms with Crippen LogP contribution in [-0.2, 0) is 28.5 Å². The highest BCUT2D eigenvalue weighted by Gasteiger charge is 2.82. The molecule has 4 bridgehead atoms. The molecule has 4 unspecified atom stereocenters. The number of rotatable bonds is 5. The van der Waals surface area contributed by atoms with Crippen LogP contribution < -0.4 is 0 Å². The molecule has 1 N–H and O–H groups in total. The lowest BCUT2D eigenvalue weighted by Gasteiger charge is -2.64. The van der Waals surface area contributed by atoms with E-state index < -0.39 is 52.5 Å². The average Bonchev–Trinajstić information content (AvgIpc) is 2.45. The molecule has 186 valence electrons. The number of phosphoric ester groups is 1. The van der Waals surface area contributed by atoms with Crippen LogP contribution in [0.4, 0.5) is 26.3 Å². The lowest BCUT2D eigenvalue weighted by molar-refractivity contribution is -0.266. The highest BCUT2D eigenvalue weighted by molar-refractivity contribution is 7.88. The van der Waals surface area contributed by atoms with Gasteiger partial charge in [0.25, 0.3) is 0 Å². The molecule has 4 aliphatic carbocycles. The second-order valence-corrected chi connectivity index (χ2v) is 12.1. The SMILES string of the molecule is CC1C2(C)CC3CC(C2)CC1(OP(=O)(O)OC(=O)C(C(F)(F)F)(C(F)(F)F)S(=O)(=O)[O-])C3. The summed E-state index contributed by atoms with van der Waals surface area (Å²) in [5.74, 6) is -4.22. The third-order valence-corrected chi connectivity index (χ3v) is 9.61. The number of alkyl halides is 6. The first-order valence-electron chi connectivity index (χ1n) is 9.47. The van der Waals surface area contributed by atoms with Gasteiger partial charge in [-0.3, -0.25) is 9.42 Å². The quantitative estimate of drug-likeness (QED) is 0.332. The maximum absolute atomic E-state index is 13.2. The summed E-state index contributed by atoms with van der Waals surface area (Å²) in [7, 11) is -13.6. The van der Waals surface area contributed by atoms with Crippen molar-refractivity contribution < 1.29 is 62.6 Å². The lowest BCUT2D eigenvalue weighted by Crippen LogP contribution is -2.67. The molecule has 4 fully saturated rings. The summed E-state index contributed by atoms with van der Waals surface area (Å²) in [5, 5.41) is 0. The maximum atomic E-state index is 13.2. The van der Waals surface area contributed by atoms with Gasteiger partial charge in [0.15, 0.2) is 0 Å². The fourth-order valence-electron chi connectivity index (χ4n) is 6.10. The third kappa shape index (κ3) is 3.68. The first-order valence-corrected chi connectivity index (χ1v) is 12.4. The fourth-order valence-corrected chi connectivity index (χ4v) is 8.13. The molecule has 0 aromatic heterocycles. The molecule has 0 spiro atoms. The van der Waals surface area contributed by atoms with E-state index in [9.17, 15) is 53.6 Å². The van der Waals surface area contributed by atoms with Crippen LogP contribution in [-0.4, -0.2) is 46.5 Å². The van der Waals surface area contributed by atoms with E-state index >= 15 is 0 Å². The van der Waals surface area contributed by atoms with Gasteiger partial charge in [-0.2, -0.15) is 26.3 Å². The second kappa shape index (κ2) is 7.06. The lowest BCUT2D eigenvalue weighted by atomic mass is 9.44. The molecule has 0 aromatic carbocycles. The molecule has 0 radical (unpaired) electrons. The van der Waals surface area contributed by atoms with Crippen molar-refractivity contribution in [1.82, 2.24) is 0 Å². The summed E-state index contributed by atoms with van der Waals surface area (Å²) in [4.78, 5) is 21.9. The standard InChI is InChI=1S/C16H21F6O8PS/c1-8-12(2)4-9-3-10(5-12)7-13(8,6-9)30-31(24,25)29-11(23)14(15(17,18)19,16(20,21)22)32(26,27)28/h8-10H,3-7H2,1-2H3,(H,24,25)(H,26,27,28)/p-1. The molecular formula is C16H20F6O8PS-. The summed E-state index contributed by atoms with van der Waals surface area (Å²) >= 11 is 0. The normalized spacial score (nSPS) is 37.2. The maximum Gasteiger partial charge on any atom is 0.530 e. The molecule has 0 amide bonds. The molecule has 4 atom stereocenters. The average molecular weight is 517 g/mol. The van der Waals surface area contributed by atoms with Crippen molar-refractivity contribution >= 4 is 23.9 Å². The summed E-state index contributed by atoms with van der Waals surface area (Å²) < 4.78 is 127. The smallest absolute Gasteiger partial charge is 0.530 e. The summed E-state index contributed by atoms with van der Waals surface area (Å²) in [5.41, 5.74) is -1.85. The van der Waals surface area contributed by atoms with E-state index in [0.717, 1.165) is 19.3 Å². The molecule has 0 heterocycles. The molecule has 4 saturated carbocycles. The van der Waals surface area contributed by atoms with E-state index in [1.807, 2.05) is 6.92 Å². The van der Waals surface area contributed by atoms with Crippen LogP contribution >= 0.6 is 7.82 Å². The number of carbonyl (C=O) groups excluding carboxylic acids is 1. The van der Waals surface area contributed by atoms with Crippen LogP contribution in [0.2, 0.25) is 0 Å². The van der Waals surface area contributed by atoms with E-state index in [1.165, 1.54) is 0 Å². The highest BCUT2D eigenvalue weighted by Crippen LogP contribution is 2.68. The van der Waals surface area contributed by atoms with Gasteiger partial charge in [-0.15, -0.1) is 0 Å². The van der Waals surface area contributed by atoms with Crippen molar-refractivity contribution in [2.24, 2.45) is 23.2 Å². The minimum atomic E-state index is -7.55. The van der Waals surface area contributed by atoms with E-state index in [1.54, 1.807) is 6.92 Å². The zero-order chi connectivity index (χ0) is 24.8. The van der Waals surface area contributed by atoms with Crippen molar-refractivity contribution in [3.63, 3.8) is 0 Å². The van der Waals surface area contributed by atoms with Gasteiger partial charge in [0.1, 0.15) is 10.1 Å². The van der Waals surface area contributed by atoms with Gasteiger partial charge in [-0.25, -0.2) is 17.8 Å². The van der Waals surface area contributed by atoms with Crippen molar-refractivity contribution in [1.29, 1.82) is 0 Å². The minimum absolute atomic E-state index is 0.0193. The third-order valence-electron chi connectivity index (χ3n) is 7.24. The minimum Gasteiger partial charge on any atom is -0.747 e. The van der Waals surface area contributed by atoms with Crippen molar-refractivity contribution in [3.05, 3.63) is 0 Å². The fraction of sp³-hybridized carbons (Fsp3) is 0.938. The molecule has 0 saturated heterocycles. The predicted molar refractivity (Wildman–Crippen MR) is 91.6 cm³/mol. The van der Waals surface area contributed by atoms with Crippen molar-refractivity contribution in [2.75, 3.05) is 0 Å². The monoisotopic (exact) mass is 517 g/mol. The number of hydrogen-bond acceptors (Lipinski definition) is 7. The Hall–Kier alpha value is -0.890. The van der Waals surface area contributed by atoms with Crippen molar-refractivity contribution in [3.8, 4) is 0 Å². The van der Waals surface area contributed by atoms with Crippen LogP contribution in [0.1, 0.15) is 46.0 Å². The van der Waals surface area contributed by atoms with Crippen LogP contribution in [0.15, 0.2) is 0 Å². The Balaban J connectivity index is 1.97. The van der Waals surface area contributed by atoms with Crippen LogP contribution in [0.5, 0.6) is 0 Å². The van der Waals surface area contributed by atoms with E-state index in [4.69, 9.17) is 4.52 Å². The van der Waals surface area contributed by atoms with Gasteiger partial charge in [-0.1, -0.05) is 13.8 Å². The highest BCUT2D eigenvalue weighted by atomic mass is 32.2. The van der Waals surface area contributed by atoms with E-state index in [-0.39, 0.29) is 30.1 Å².